The Labute approximate surface area is 116 Å². The van der Waals surface area contributed by atoms with E-state index in [1.807, 2.05) is 0 Å². The maximum atomic E-state index is 5.23. The van der Waals surface area contributed by atoms with Crippen LogP contribution in [0.4, 0.5) is 0 Å². The van der Waals surface area contributed by atoms with E-state index in [4.69, 9.17) is 10.2 Å². The number of hydrogen-bond acceptors (Lipinski definition) is 2. The summed E-state index contributed by atoms with van der Waals surface area (Å²) >= 11 is 0. The fraction of sp³-hybridized carbons (Fsp3) is 0.692. The molecule has 0 radical (unpaired) electrons. The molecule has 2 rings (SSSR count). The monoisotopic (exact) mass is 228 g/mol. The molecule has 0 spiro atoms. The van der Waals surface area contributed by atoms with Crippen LogP contribution in [0, 0.1) is 0 Å². The van der Waals surface area contributed by atoms with Crippen molar-refractivity contribution in [3.63, 3.8) is 0 Å². The molecular formula is C13H21LiN2O. The van der Waals surface area contributed by atoms with E-state index in [1.54, 1.807) is 7.11 Å². The van der Waals surface area contributed by atoms with Crippen LogP contribution in [-0.2, 0) is 4.74 Å². The summed E-state index contributed by atoms with van der Waals surface area (Å²) in [5, 5.41) is 2.20. The van der Waals surface area contributed by atoms with Crippen molar-refractivity contribution in [2.24, 2.45) is 0 Å². The fourth-order valence-corrected chi connectivity index (χ4v) is 2.36. The zero-order valence-electron chi connectivity index (χ0n) is 11.3. The molecule has 0 aromatic heterocycles. The number of ether oxygens (including phenoxy) is 1. The second-order valence-electron chi connectivity index (χ2n) is 4.67. The summed E-state index contributed by atoms with van der Waals surface area (Å²) in [5.41, 5.74) is 7.29. The molecule has 0 unspecified atom stereocenters. The van der Waals surface area contributed by atoms with E-state index >= 15 is 0 Å². The van der Waals surface area contributed by atoms with Crippen LogP contribution in [0.5, 0.6) is 0 Å². The Hall–Kier alpha value is -0.203. The van der Waals surface area contributed by atoms with E-state index in [0.717, 1.165) is 25.3 Å². The third-order valence-corrected chi connectivity index (χ3v) is 3.24. The van der Waals surface area contributed by atoms with Crippen LogP contribution >= 0.6 is 0 Å². The summed E-state index contributed by atoms with van der Waals surface area (Å²) < 4.78 is 5.23. The average Bonchev–Trinajstić information content (AvgIpc) is 2.66. The van der Waals surface area contributed by atoms with E-state index in [-0.39, 0.29) is 18.9 Å². The normalized spacial score (nSPS) is 24.9. The number of hydrogen-bond donors (Lipinski definition) is 0. The fourth-order valence-electron chi connectivity index (χ4n) is 2.36. The van der Waals surface area contributed by atoms with Crippen LogP contribution < -0.4 is 18.9 Å². The molecular weight excluding hydrogens is 207 g/mol. The first kappa shape index (κ1) is 14.9. The van der Waals surface area contributed by atoms with Crippen LogP contribution in [0.25, 0.3) is 5.43 Å². The number of rotatable bonds is 4. The Morgan fingerprint density at radius 1 is 1.53 bits per heavy atom. The van der Waals surface area contributed by atoms with Gasteiger partial charge in [0.1, 0.15) is 0 Å². The first-order valence-electron chi connectivity index (χ1n) is 6.14. The zero-order valence-corrected chi connectivity index (χ0v) is 11.3. The van der Waals surface area contributed by atoms with Gasteiger partial charge >= 0.3 is 18.9 Å². The first-order valence-corrected chi connectivity index (χ1v) is 6.14. The maximum Gasteiger partial charge on any atom is 1.00 e. The predicted octanol–water partition coefficient (Wildman–Crippen LogP) is 0.0139. The Bertz CT molecular complexity index is 302. The van der Waals surface area contributed by atoms with Gasteiger partial charge in [-0.15, -0.1) is 5.70 Å². The van der Waals surface area contributed by atoms with Crippen LogP contribution in [0.2, 0.25) is 0 Å². The van der Waals surface area contributed by atoms with E-state index in [9.17, 15) is 0 Å². The smallest absolute Gasteiger partial charge is 0.620 e. The molecule has 1 saturated heterocycles. The molecule has 0 amide bonds. The molecule has 0 N–H and O–H groups in total. The summed E-state index contributed by atoms with van der Waals surface area (Å²) in [6.07, 6.45) is 9.17. The molecule has 4 heteroatoms. The first-order chi connectivity index (χ1) is 7.79. The van der Waals surface area contributed by atoms with Gasteiger partial charge < -0.3 is 15.2 Å². The van der Waals surface area contributed by atoms with Gasteiger partial charge in [0, 0.05) is 13.2 Å². The second-order valence-corrected chi connectivity index (χ2v) is 4.67. The van der Waals surface area contributed by atoms with Gasteiger partial charge in [-0.2, -0.15) is 0 Å². The molecule has 1 heterocycles. The standard InChI is InChI=1S/C13H21N2O.Li/c1-11-5-3-6-12(9-11)14-15-8-4-7-13(15)10-16-2;/h6,9,13H,3-5,7-8,10H2,1-2H3;/q-1;+1/t13-;/m0./s1. The molecule has 1 aliphatic carbocycles. The third-order valence-electron chi connectivity index (χ3n) is 3.24. The van der Waals surface area contributed by atoms with Crippen molar-refractivity contribution >= 4 is 0 Å². The van der Waals surface area contributed by atoms with Gasteiger partial charge in [0.25, 0.3) is 0 Å². The topological polar surface area (TPSA) is 26.6 Å². The maximum absolute atomic E-state index is 5.23. The van der Waals surface area contributed by atoms with Gasteiger partial charge in [-0.3, -0.25) is 0 Å². The minimum atomic E-state index is 0. The van der Waals surface area contributed by atoms with Gasteiger partial charge in [0.05, 0.1) is 6.61 Å². The van der Waals surface area contributed by atoms with Crippen molar-refractivity contribution in [1.82, 2.24) is 5.01 Å². The van der Waals surface area contributed by atoms with Gasteiger partial charge in [-0.1, -0.05) is 17.7 Å². The molecule has 17 heavy (non-hydrogen) atoms. The average molecular weight is 228 g/mol. The molecule has 2 aliphatic rings. The SMILES string of the molecule is COC[C@@H]1CCCN1[N-]C1=CCCC(C)=C1.[Li+]. The zero-order chi connectivity index (χ0) is 11.4. The van der Waals surface area contributed by atoms with Crippen molar-refractivity contribution in [1.29, 1.82) is 0 Å². The molecule has 90 valence electrons. The van der Waals surface area contributed by atoms with Crippen molar-refractivity contribution in [2.75, 3.05) is 20.3 Å². The van der Waals surface area contributed by atoms with Crippen molar-refractivity contribution in [3.05, 3.63) is 28.8 Å². The number of methoxy groups -OCH3 is 1. The van der Waals surface area contributed by atoms with Gasteiger partial charge in [-0.05, 0) is 39.2 Å². The summed E-state index contributed by atoms with van der Waals surface area (Å²) in [6.45, 7) is 4.04. The number of nitrogens with zero attached hydrogens (tertiary/aromatic N) is 2. The Morgan fingerprint density at radius 2 is 2.35 bits per heavy atom. The second kappa shape index (κ2) is 7.28. The van der Waals surface area contributed by atoms with Gasteiger partial charge in [-0.25, -0.2) is 0 Å². The molecule has 0 saturated carbocycles. The van der Waals surface area contributed by atoms with Crippen molar-refractivity contribution in [2.45, 2.75) is 38.6 Å². The molecule has 1 aliphatic heterocycles. The van der Waals surface area contributed by atoms with E-state index < -0.39 is 0 Å². The number of allylic oxidation sites excluding steroid dienone is 3. The molecule has 3 nitrogen and oxygen atoms in total. The van der Waals surface area contributed by atoms with E-state index in [1.165, 1.54) is 24.8 Å². The van der Waals surface area contributed by atoms with Crippen LogP contribution in [-0.4, -0.2) is 31.3 Å². The summed E-state index contributed by atoms with van der Waals surface area (Å²) in [6, 6.07) is 0.474. The van der Waals surface area contributed by atoms with Gasteiger partial charge in [0.15, 0.2) is 0 Å². The minimum Gasteiger partial charge on any atom is -0.620 e. The molecule has 0 aromatic rings. The Kier molecular flexibility index (Phi) is 6.36. The van der Waals surface area contributed by atoms with Crippen LogP contribution in [0.1, 0.15) is 32.6 Å². The van der Waals surface area contributed by atoms with Crippen molar-refractivity contribution < 1.29 is 23.6 Å². The van der Waals surface area contributed by atoms with Crippen LogP contribution in [0.15, 0.2) is 23.4 Å². The summed E-state index contributed by atoms with van der Waals surface area (Å²) in [7, 11) is 1.76. The van der Waals surface area contributed by atoms with Crippen LogP contribution in [0.3, 0.4) is 0 Å². The molecule has 0 bridgehead atoms. The van der Waals surface area contributed by atoms with Crippen molar-refractivity contribution in [3.8, 4) is 0 Å². The predicted molar refractivity (Wildman–Crippen MR) is 66.0 cm³/mol. The Balaban J connectivity index is 0.00000144. The largest absolute Gasteiger partial charge is 1.00 e. The molecule has 1 atom stereocenters. The van der Waals surface area contributed by atoms with E-state index in [0.29, 0.717) is 6.04 Å². The molecule has 1 fully saturated rings. The van der Waals surface area contributed by atoms with Gasteiger partial charge in [0.2, 0.25) is 0 Å². The minimum absolute atomic E-state index is 0. The third kappa shape index (κ3) is 4.19. The summed E-state index contributed by atoms with van der Waals surface area (Å²) in [5.74, 6) is 0. The quantitative estimate of drug-likeness (QED) is 0.634. The van der Waals surface area contributed by atoms with E-state index in [2.05, 4.69) is 24.1 Å². The Morgan fingerprint density at radius 3 is 3.06 bits per heavy atom. The summed E-state index contributed by atoms with van der Waals surface area (Å²) in [4.78, 5) is 0. The molecule has 0 aromatic carbocycles.